The Morgan fingerprint density at radius 3 is 2.68 bits per heavy atom. The van der Waals surface area contributed by atoms with Crippen molar-refractivity contribution in [1.82, 2.24) is 0 Å². The molecule has 0 heterocycles. The Morgan fingerprint density at radius 2 is 2.05 bits per heavy atom. The van der Waals surface area contributed by atoms with E-state index in [-0.39, 0.29) is 5.41 Å². The van der Waals surface area contributed by atoms with Gasteiger partial charge >= 0.3 is 5.97 Å². The molecule has 122 valence electrons. The number of aliphatic carboxylic acids is 1. The number of carboxylic acid groups (broad SMARTS) is 1. The van der Waals surface area contributed by atoms with E-state index in [1.807, 2.05) is 6.92 Å². The molecule has 2 nitrogen and oxygen atoms in total. The number of carboxylic acids is 1. The highest BCUT2D eigenvalue weighted by atomic mass is 16.4. The summed E-state index contributed by atoms with van der Waals surface area (Å²) in [4.78, 5) is 11.9. The molecule has 3 rings (SSSR count). The Hall–Kier alpha value is -1.05. The van der Waals surface area contributed by atoms with Crippen molar-refractivity contribution in [2.45, 2.75) is 66.2 Å². The molecule has 0 spiro atoms. The predicted molar refractivity (Wildman–Crippen MR) is 89.5 cm³/mol. The first-order chi connectivity index (χ1) is 10.3. The summed E-state index contributed by atoms with van der Waals surface area (Å²) in [5.41, 5.74) is 2.71. The summed E-state index contributed by atoms with van der Waals surface area (Å²) in [7, 11) is 0. The van der Waals surface area contributed by atoms with Crippen LogP contribution in [0.15, 0.2) is 23.3 Å². The van der Waals surface area contributed by atoms with E-state index in [1.54, 1.807) is 5.57 Å². The fourth-order valence-electron chi connectivity index (χ4n) is 5.67. The molecule has 0 aliphatic heterocycles. The van der Waals surface area contributed by atoms with Gasteiger partial charge in [0, 0.05) is 0 Å². The average Bonchev–Trinajstić information content (AvgIpc) is 2.46. The molecule has 2 fully saturated rings. The molecule has 4 atom stereocenters. The summed E-state index contributed by atoms with van der Waals surface area (Å²) >= 11 is 0. The minimum Gasteiger partial charge on any atom is -0.481 e. The van der Waals surface area contributed by atoms with Gasteiger partial charge in [0.15, 0.2) is 0 Å². The van der Waals surface area contributed by atoms with Crippen LogP contribution in [0.2, 0.25) is 0 Å². The van der Waals surface area contributed by atoms with E-state index in [2.05, 4.69) is 32.9 Å². The summed E-state index contributed by atoms with van der Waals surface area (Å²) in [6, 6.07) is 0. The van der Waals surface area contributed by atoms with Crippen LogP contribution >= 0.6 is 0 Å². The minimum atomic E-state index is -0.579. The summed E-state index contributed by atoms with van der Waals surface area (Å²) in [5, 5.41) is 9.84. The Kier molecular flexibility index (Phi) is 3.78. The number of allylic oxidation sites excluding steroid dienone is 4. The standard InChI is InChI=1S/C20H30O2/c1-13(2)14-6-8-16-15(12-14)7-9-17-19(16,3)10-5-11-20(17,4)18(21)22/h6,12-13,16-17H,5,7-11H2,1-4H3,(H,21,22)/t16-,17+,19-,20-/m1/s1. The third-order valence-corrected chi connectivity index (χ3v) is 7.04. The van der Waals surface area contributed by atoms with E-state index in [0.717, 1.165) is 32.1 Å². The highest BCUT2D eigenvalue weighted by Crippen LogP contribution is 2.62. The van der Waals surface area contributed by atoms with Gasteiger partial charge in [-0.2, -0.15) is 0 Å². The first kappa shape index (κ1) is 15.8. The zero-order chi connectivity index (χ0) is 16.1. The molecule has 22 heavy (non-hydrogen) atoms. The first-order valence-electron chi connectivity index (χ1n) is 8.93. The molecule has 0 aromatic heterocycles. The molecule has 3 aliphatic rings. The van der Waals surface area contributed by atoms with E-state index < -0.39 is 11.4 Å². The van der Waals surface area contributed by atoms with Crippen LogP contribution in [0.4, 0.5) is 0 Å². The lowest BCUT2D eigenvalue weighted by atomic mass is 9.46. The van der Waals surface area contributed by atoms with Crippen LogP contribution in [0.3, 0.4) is 0 Å². The van der Waals surface area contributed by atoms with E-state index in [4.69, 9.17) is 0 Å². The SMILES string of the molecule is CC(C)C1=CC[C@@H]2C(=C1)CC[C@H]1[C@]2(C)CCC[C@@]1(C)C(=O)O. The van der Waals surface area contributed by atoms with E-state index in [9.17, 15) is 9.90 Å². The maximum absolute atomic E-state index is 11.9. The molecule has 0 saturated heterocycles. The summed E-state index contributed by atoms with van der Waals surface area (Å²) in [5.74, 6) is 0.898. The van der Waals surface area contributed by atoms with E-state index >= 15 is 0 Å². The van der Waals surface area contributed by atoms with E-state index in [0.29, 0.717) is 17.8 Å². The fraction of sp³-hybridized carbons (Fsp3) is 0.750. The van der Waals surface area contributed by atoms with Gasteiger partial charge in [-0.15, -0.1) is 0 Å². The number of rotatable bonds is 2. The molecular weight excluding hydrogens is 272 g/mol. The smallest absolute Gasteiger partial charge is 0.309 e. The number of hydrogen-bond acceptors (Lipinski definition) is 1. The largest absolute Gasteiger partial charge is 0.481 e. The van der Waals surface area contributed by atoms with Crippen LogP contribution in [0.5, 0.6) is 0 Å². The van der Waals surface area contributed by atoms with Gasteiger partial charge in [-0.1, -0.05) is 44.9 Å². The lowest BCUT2D eigenvalue weighted by molar-refractivity contribution is -0.164. The molecule has 0 aromatic carbocycles. The summed E-state index contributed by atoms with van der Waals surface area (Å²) in [6.45, 7) is 8.91. The first-order valence-corrected chi connectivity index (χ1v) is 8.93. The van der Waals surface area contributed by atoms with Crippen molar-refractivity contribution in [2.24, 2.45) is 28.6 Å². The van der Waals surface area contributed by atoms with Crippen LogP contribution in [0.25, 0.3) is 0 Å². The zero-order valence-corrected chi connectivity index (χ0v) is 14.5. The molecule has 0 unspecified atom stereocenters. The Labute approximate surface area is 134 Å². The van der Waals surface area contributed by atoms with Gasteiger partial charge in [-0.05, 0) is 67.8 Å². The number of fused-ring (bicyclic) bond motifs is 3. The molecule has 2 saturated carbocycles. The average molecular weight is 302 g/mol. The minimum absolute atomic E-state index is 0.161. The molecule has 0 radical (unpaired) electrons. The van der Waals surface area contributed by atoms with Crippen molar-refractivity contribution in [3.63, 3.8) is 0 Å². The molecular formula is C20H30O2. The summed E-state index contributed by atoms with van der Waals surface area (Å²) in [6.07, 6.45) is 11.2. The summed E-state index contributed by atoms with van der Waals surface area (Å²) < 4.78 is 0. The second-order valence-corrected chi connectivity index (χ2v) is 8.54. The van der Waals surface area contributed by atoms with Gasteiger partial charge in [0.05, 0.1) is 5.41 Å². The predicted octanol–water partition coefficient (Wildman–Crippen LogP) is 5.21. The maximum Gasteiger partial charge on any atom is 0.309 e. The van der Waals surface area contributed by atoms with Gasteiger partial charge in [0.1, 0.15) is 0 Å². The van der Waals surface area contributed by atoms with Crippen LogP contribution in [-0.2, 0) is 4.79 Å². The van der Waals surface area contributed by atoms with Crippen molar-refractivity contribution in [1.29, 1.82) is 0 Å². The monoisotopic (exact) mass is 302 g/mol. The van der Waals surface area contributed by atoms with Crippen LogP contribution < -0.4 is 0 Å². The lowest BCUT2D eigenvalue weighted by Crippen LogP contribution is -2.53. The third-order valence-electron chi connectivity index (χ3n) is 7.04. The van der Waals surface area contributed by atoms with Crippen molar-refractivity contribution in [3.05, 3.63) is 23.3 Å². The fourth-order valence-corrected chi connectivity index (χ4v) is 5.67. The van der Waals surface area contributed by atoms with Crippen molar-refractivity contribution < 1.29 is 9.90 Å². The Morgan fingerprint density at radius 1 is 1.32 bits per heavy atom. The highest BCUT2D eigenvalue weighted by molar-refractivity contribution is 5.75. The van der Waals surface area contributed by atoms with Crippen molar-refractivity contribution >= 4 is 5.97 Å². The highest BCUT2D eigenvalue weighted by Gasteiger charge is 2.57. The zero-order valence-electron chi connectivity index (χ0n) is 14.5. The van der Waals surface area contributed by atoms with Gasteiger partial charge in [-0.25, -0.2) is 0 Å². The van der Waals surface area contributed by atoms with Crippen LogP contribution in [-0.4, -0.2) is 11.1 Å². The molecule has 0 aromatic rings. The topological polar surface area (TPSA) is 37.3 Å². The van der Waals surface area contributed by atoms with Crippen LogP contribution in [0.1, 0.15) is 66.2 Å². The third kappa shape index (κ3) is 2.18. The molecule has 2 heteroatoms. The number of carbonyl (C=O) groups is 1. The van der Waals surface area contributed by atoms with Gasteiger partial charge in [-0.3, -0.25) is 4.79 Å². The van der Waals surface area contributed by atoms with Gasteiger partial charge < -0.3 is 5.11 Å². The number of hydrogen-bond donors (Lipinski definition) is 1. The quantitative estimate of drug-likeness (QED) is 0.760. The molecule has 1 N–H and O–H groups in total. The molecule has 3 aliphatic carbocycles. The van der Waals surface area contributed by atoms with E-state index in [1.165, 1.54) is 12.0 Å². The molecule has 0 amide bonds. The van der Waals surface area contributed by atoms with Gasteiger partial charge in [0.25, 0.3) is 0 Å². The second-order valence-electron chi connectivity index (χ2n) is 8.54. The molecule has 0 bridgehead atoms. The lowest BCUT2D eigenvalue weighted by Gasteiger charge is -2.57. The Balaban J connectivity index is 1.95. The van der Waals surface area contributed by atoms with Crippen molar-refractivity contribution in [2.75, 3.05) is 0 Å². The normalized spacial score (nSPS) is 41.3. The van der Waals surface area contributed by atoms with Gasteiger partial charge in [0.2, 0.25) is 0 Å². The second kappa shape index (κ2) is 5.25. The Bertz CT molecular complexity index is 542. The van der Waals surface area contributed by atoms with Crippen molar-refractivity contribution in [3.8, 4) is 0 Å². The van der Waals surface area contributed by atoms with Crippen LogP contribution in [0, 0.1) is 28.6 Å². The maximum atomic E-state index is 11.9.